The lowest BCUT2D eigenvalue weighted by Crippen LogP contribution is -2.40. The molecule has 0 saturated heterocycles. The normalized spacial score (nSPS) is 11.8. The molecule has 0 heterocycles. The molecule has 18 heavy (non-hydrogen) atoms. The van der Waals surface area contributed by atoms with Gasteiger partial charge in [0.25, 0.3) is 0 Å². The average Bonchev–Trinajstić information content (AvgIpc) is 2.34. The summed E-state index contributed by atoms with van der Waals surface area (Å²) in [4.78, 5) is 33.5. The Kier molecular flexibility index (Phi) is 5.20. The van der Waals surface area contributed by atoms with Crippen molar-refractivity contribution in [3.8, 4) is 0 Å². The second kappa shape index (κ2) is 6.66. The van der Waals surface area contributed by atoms with Crippen LogP contribution in [0.15, 0.2) is 30.3 Å². The van der Waals surface area contributed by atoms with Crippen molar-refractivity contribution < 1.29 is 19.5 Å². The van der Waals surface area contributed by atoms with E-state index in [-0.39, 0.29) is 24.5 Å². The Morgan fingerprint density at radius 3 is 2.33 bits per heavy atom. The number of carboxylic acid groups (broad SMARTS) is 1. The molecule has 0 aliphatic rings. The molecule has 0 fully saturated rings. The molecule has 0 aliphatic carbocycles. The number of carbonyl (C=O) groups excluding carboxylic acids is 2. The Hall–Kier alpha value is -2.01. The highest BCUT2D eigenvalue weighted by Gasteiger charge is 2.19. The number of hydrogen-bond donors (Lipinski definition) is 2. The summed E-state index contributed by atoms with van der Waals surface area (Å²) in [6.07, 6.45) is -0.128. The Morgan fingerprint density at radius 1 is 1.22 bits per heavy atom. The lowest BCUT2D eigenvalue weighted by molar-refractivity contribution is -0.141. The van der Waals surface area contributed by atoms with Gasteiger partial charge < -0.3 is 5.11 Å². The molecule has 0 unspecified atom stereocenters. The van der Waals surface area contributed by atoms with Crippen LogP contribution in [0.25, 0.3) is 0 Å². The van der Waals surface area contributed by atoms with Crippen molar-refractivity contribution in [1.82, 2.24) is 5.32 Å². The molecular weight excluding hydrogens is 234 g/mol. The first-order chi connectivity index (χ1) is 8.50. The Labute approximate surface area is 105 Å². The summed E-state index contributed by atoms with van der Waals surface area (Å²) >= 11 is 0. The van der Waals surface area contributed by atoms with E-state index >= 15 is 0 Å². The highest BCUT2D eigenvalue weighted by Crippen LogP contribution is 2.00. The standard InChI is InChI=1S/C13H15NO4/c1-9(15)7-11(13(17)18)14-8-12(16)10-5-3-2-4-6-10/h2-6,11,14H,7-8H2,1H3,(H,17,18)/t11-/m1/s1. The number of carbonyl (C=O) groups is 3. The molecule has 0 amide bonds. The maximum Gasteiger partial charge on any atom is 0.321 e. The number of ketones is 2. The average molecular weight is 249 g/mol. The minimum Gasteiger partial charge on any atom is -0.480 e. The molecule has 1 atom stereocenters. The number of benzene rings is 1. The van der Waals surface area contributed by atoms with E-state index in [0.717, 1.165) is 0 Å². The molecule has 96 valence electrons. The van der Waals surface area contributed by atoms with Crippen molar-refractivity contribution >= 4 is 17.5 Å². The van der Waals surface area contributed by atoms with Gasteiger partial charge >= 0.3 is 5.97 Å². The lowest BCUT2D eigenvalue weighted by Gasteiger charge is -2.12. The summed E-state index contributed by atoms with van der Waals surface area (Å²) in [5.41, 5.74) is 0.511. The largest absolute Gasteiger partial charge is 0.480 e. The quantitative estimate of drug-likeness (QED) is 0.701. The minimum absolute atomic E-state index is 0.103. The summed E-state index contributed by atoms with van der Waals surface area (Å²) < 4.78 is 0. The fourth-order valence-electron chi connectivity index (χ4n) is 1.48. The van der Waals surface area contributed by atoms with Gasteiger partial charge in [-0.3, -0.25) is 19.7 Å². The SMILES string of the molecule is CC(=O)C[C@@H](NCC(=O)c1ccccc1)C(=O)O. The predicted molar refractivity (Wildman–Crippen MR) is 65.5 cm³/mol. The topological polar surface area (TPSA) is 83.5 Å². The van der Waals surface area contributed by atoms with Crippen LogP contribution in [-0.4, -0.2) is 35.2 Å². The van der Waals surface area contributed by atoms with Gasteiger partial charge in [-0.25, -0.2) is 0 Å². The van der Waals surface area contributed by atoms with Gasteiger partial charge in [-0.05, 0) is 6.92 Å². The summed E-state index contributed by atoms with van der Waals surface area (Å²) in [5, 5.41) is 11.5. The number of rotatable bonds is 7. The summed E-state index contributed by atoms with van der Waals surface area (Å²) in [5.74, 6) is -1.57. The second-order valence-corrected chi connectivity index (χ2v) is 3.97. The molecule has 0 radical (unpaired) electrons. The van der Waals surface area contributed by atoms with Crippen LogP contribution in [0.5, 0.6) is 0 Å². The Bertz CT molecular complexity index is 442. The van der Waals surface area contributed by atoms with Crippen molar-refractivity contribution in [2.24, 2.45) is 0 Å². The number of nitrogens with one attached hydrogen (secondary N) is 1. The number of carboxylic acids is 1. The van der Waals surface area contributed by atoms with Crippen molar-refractivity contribution in [2.75, 3.05) is 6.54 Å². The summed E-state index contributed by atoms with van der Waals surface area (Å²) in [6, 6.07) is 7.56. The number of hydrogen-bond acceptors (Lipinski definition) is 4. The molecule has 0 saturated carbocycles. The Morgan fingerprint density at radius 2 is 1.83 bits per heavy atom. The van der Waals surface area contributed by atoms with E-state index in [9.17, 15) is 14.4 Å². The van der Waals surface area contributed by atoms with Crippen LogP contribution in [0, 0.1) is 0 Å². The zero-order chi connectivity index (χ0) is 13.5. The molecule has 2 N–H and O–H groups in total. The van der Waals surface area contributed by atoms with Crippen molar-refractivity contribution in [3.05, 3.63) is 35.9 Å². The summed E-state index contributed by atoms with van der Waals surface area (Å²) in [7, 11) is 0. The third kappa shape index (κ3) is 4.47. The lowest BCUT2D eigenvalue weighted by atomic mass is 10.1. The van der Waals surface area contributed by atoms with Gasteiger partial charge in [0.15, 0.2) is 5.78 Å². The van der Waals surface area contributed by atoms with Crippen LogP contribution >= 0.6 is 0 Å². The van der Waals surface area contributed by atoms with E-state index in [0.29, 0.717) is 5.56 Å². The van der Waals surface area contributed by atoms with Gasteiger partial charge in [-0.2, -0.15) is 0 Å². The van der Waals surface area contributed by atoms with Crippen molar-refractivity contribution in [3.63, 3.8) is 0 Å². The molecule has 1 rings (SSSR count). The molecule has 1 aromatic carbocycles. The molecule has 5 heteroatoms. The van der Waals surface area contributed by atoms with Crippen molar-refractivity contribution in [2.45, 2.75) is 19.4 Å². The number of aliphatic carboxylic acids is 1. The van der Waals surface area contributed by atoms with Crippen LogP contribution in [0.4, 0.5) is 0 Å². The van der Waals surface area contributed by atoms with Crippen LogP contribution in [0.1, 0.15) is 23.7 Å². The van der Waals surface area contributed by atoms with E-state index in [4.69, 9.17) is 5.11 Å². The van der Waals surface area contributed by atoms with Gasteiger partial charge in [-0.15, -0.1) is 0 Å². The second-order valence-electron chi connectivity index (χ2n) is 3.97. The molecule has 1 aromatic rings. The van der Waals surface area contributed by atoms with Gasteiger partial charge in [-0.1, -0.05) is 30.3 Å². The first kappa shape index (κ1) is 14.1. The first-order valence-corrected chi connectivity index (χ1v) is 5.54. The molecule has 0 aliphatic heterocycles. The van der Waals surface area contributed by atoms with Crippen LogP contribution in [0.3, 0.4) is 0 Å². The zero-order valence-corrected chi connectivity index (χ0v) is 10.1. The first-order valence-electron chi connectivity index (χ1n) is 5.54. The highest BCUT2D eigenvalue weighted by molar-refractivity contribution is 5.98. The van der Waals surface area contributed by atoms with E-state index in [2.05, 4.69) is 5.32 Å². The number of Topliss-reactive ketones (excluding diaryl/α,β-unsaturated/α-hetero) is 2. The fourth-order valence-corrected chi connectivity index (χ4v) is 1.48. The van der Waals surface area contributed by atoms with E-state index in [1.165, 1.54) is 6.92 Å². The van der Waals surface area contributed by atoms with Gasteiger partial charge in [0.2, 0.25) is 0 Å². The highest BCUT2D eigenvalue weighted by atomic mass is 16.4. The van der Waals surface area contributed by atoms with E-state index < -0.39 is 12.0 Å². The minimum atomic E-state index is -1.13. The van der Waals surface area contributed by atoms with Gasteiger partial charge in [0.1, 0.15) is 11.8 Å². The smallest absolute Gasteiger partial charge is 0.321 e. The van der Waals surface area contributed by atoms with E-state index in [1.807, 2.05) is 0 Å². The fraction of sp³-hybridized carbons (Fsp3) is 0.308. The van der Waals surface area contributed by atoms with Crippen LogP contribution in [-0.2, 0) is 9.59 Å². The van der Waals surface area contributed by atoms with Crippen LogP contribution in [0.2, 0.25) is 0 Å². The molecule has 5 nitrogen and oxygen atoms in total. The molecular formula is C13H15NO4. The van der Waals surface area contributed by atoms with E-state index in [1.54, 1.807) is 30.3 Å². The van der Waals surface area contributed by atoms with Crippen LogP contribution < -0.4 is 5.32 Å². The Balaban J connectivity index is 2.55. The maximum atomic E-state index is 11.7. The predicted octanol–water partition coefficient (Wildman–Crippen LogP) is 0.891. The molecule has 0 spiro atoms. The van der Waals surface area contributed by atoms with Gasteiger partial charge in [0, 0.05) is 12.0 Å². The monoisotopic (exact) mass is 249 g/mol. The third-order valence-electron chi connectivity index (χ3n) is 2.39. The van der Waals surface area contributed by atoms with Gasteiger partial charge in [0.05, 0.1) is 6.54 Å². The zero-order valence-electron chi connectivity index (χ0n) is 10.1. The molecule has 0 bridgehead atoms. The van der Waals surface area contributed by atoms with Crippen molar-refractivity contribution in [1.29, 1.82) is 0 Å². The maximum absolute atomic E-state index is 11.7. The molecule has 0 aromatic heterocycles. The third-order valence-corrected chi connectivity index (χ3v) is 2.39. The summed E-state index contributed by atoms with van der Waals surface area (Å²) in [6.45, 7) is 1.21.